The van der Waals surface area contributed by atoms with Crippen molar-refractivity contribution in [3.05, 3.63) is 119 Å². The van der Waals surface area contributed by atoms with Crippen molar-refractivity contribution in [2.75, 3.05) is 10.2 Å². The molecule has 0 saturated carbocycles. The van der Waals surface area contributed by atoms with Crippen molar-refractivity contribution in [3.8, 4) is 0 Å². The van der Waals surface area contributed by atoms with Crippen molar-refractivity contribution < 1.29 is 18.4 Å². The van der Waals surface area contributed by atoms with Crippen molar-refractivity contribution in [2.45, 2.75) is 31.3 Å². The quantitative estimate of drug-likeness (QED) is 0.313. The number of carbonyl (C=O) groups excluding carboxylic acids is 2. The number of amides is 2. The molecule has 1 aliphatic carbocycles. The summed E-state index contributed by atoms with van der Waals surface area (Å²) in [6.45, 7) is 0.214. The van der Waals surface area contributed by atoms with E-state index >= 15 is 0 Å². The highest BCUT2D eigenvalue weighted by molar-refractivity contribution is 6.30. The van der Waals surface area contributed by atoms with E-state index in [-0.39, 0.29) is 30.7 Å². The van der Waals surface area contributed by atoms with Gasteiger partial charge in [-0.25, -0.2) is 4.79 Å². The Hall–Kier alpha value is -4.23. The molecule has 0 spiro atoms. The molecule has 3 heterocycles. The van der Waals surface area contributed by atoms with Crippen molar-refractivity contribution in [1.82, 2.24) is 5.32 Å². The molecule has 0 bridgehead atoms. The number of para-hydroxylation sites is 2. The Bertz CT molecular complexity index is 1460. The lowest BCUT2D eigenvalue weighted by molar-refractivity contribution is -0.116. The predicted octanol–water partition coefficient (Wildman–Crippen LogP) is 6.81. The molecule has 2 atom stereocenters. The summed E-state index contributed by atoms with van der Waals surface area (Å²) in [5.74, 6) is 1.28. The average molecular weight is 514 g/mol. The summed E-state index contributed by atoms with van der Waals surface area (Å²) >= 11 is 6.21. The molecule has 0 saturated heterocycles. The molecule has 8 heteroatoms. The van der Waals surface area contributed by atoms with E-state index in [0.717, 1.165) is 22.7 Å². The number of benzene rings is 2. The first-order chi connectivity index (χ1) is 18.1. The normalized spacial score (nSPS) is 19.1. The lowest BCUT2D eigenvalue weighted by Gasteiger charge is -2.34. The molecule has 186 valence electrons. The average Bonchev–Trinajstić information content (AvgIpc) is 3.60. The number of hydrogen-bond acceptors (Lipinski definition) is 5. The van der Waals surface area contributed by atoms with E-state index in [2.05, 4.69) is 10.6 Å². The van der Waals surface area contributed by atoms with Crippen molar-refractivity contribution in [1.29, 1.82) is 0 Å². The van der Waals surface area contributed by atoms with Crippen LogP contribution in [0.15, 0.2) is 105 Å². The van der Waals surface area contributed by atoms with Crippen LogP contribution in [0.5, 0.6) is 0 Å². The van der Waals surface area contributed by atoms with Crippen LogP contribution in [0.1, 0.15) is 41.9 Å². The smallest absolute Gasteiger partial charge is 0.323 e. The summed E-state index contributed by atoms with van der Waals surface area (Å²) in [7, 11) is 0. The second-order valence-corrected chi connectivity index (χ2v) is 9.58. The molecule has 2 amide bonds. The minimum atomic E-state index is -0.662. The zero-order valence-electron chi connectivity index (χ0n) is 19.8. The maximum atomic E-state index is 13.9. The Labute approximate surface area is 218 Å². The maximum Gasteiger partial charge on any atom is 0.323 e. The van der Waals surface area contributed by atoms with Gasteiger partial charge in [-0.2, -0.15) is 0 Å². The lowest BCUT2D eigenvalue weighted by atomic mass is 9.80. The van der Waals surface area contributed by atoms with Crippen LogP contribution in [0.25, 0.3) is 0 Å². The predicted molar refractivity (Wildman–Crippen MR) is 140 cm³/mol. The monoisotopic (exact) mass is 513 g/mol. The molecule has 0 radical (unpaired) electrons. The number of furan rings is 2. The Morgan fingerprint density at radius 1 is 0.973 bits per heavy atom. The van der Waals surface area contributed by atoms with Crippen LogP contribution in [0, 0.1) is 0 Å². The number of carbonyl (C=O) groups is 2. The summed E-state index contributed by atoms with van der Waals surface area (Å²) in [4.78, 5) is 29.4. The van der Waals surface area contributed by atoms with E-state index in [0.29, 0.717) is 28.5 Å². The highest BCUT2D eigenvalue weighted by Crippen LogP contribution is 2.47. The minimum Gasteiger partial charge on any atom is -0.469 e. The highest BCUT2D eigenvalue weighted by atomic mass is 35.5. The molecule has 6 rings (SSSR count). The fourth-order valence-electron chi connectivity index (χ4n) is 5.16. The molecular weight excluding hydrogens is 490 g/mol. The molecule has 0 fully saturated rings. The Balaban J connectivity index is 1.49. The van der Waals surface area contributed by atoms with Gasteiger partial charge < -0.3 is 19.5 Å². The molecular formula is C29H24ClN3O4. The fourth-order valence-corrected chi connectivity index (χ4v) is 5.29. The van der Waals surface area contributed by atoms with Crippen LogP contribution in [0.4, 0.5) is 16.2 Å². The largest absolute Gasteiger partial charge is 0.469 e. The van der Waals surface area contributed by atoms with E-state index in [4.69, 9.17) is 20.4 Å². The number of halogens is 1. The van der Waals surface area contributed by atoms with E-state index in [9.17, 15) is 9.59 Å². The van der Waals surface area contributed by atoms with Crippen molar-refractivity contribution >= 4 is 34.8 Å². The first kappa shape index (κ1) is 23.2. The maximum absolute atomic E-state index is 13.9. The van der Waals surface area contributed by atoms with Crippen LogP contribution in [-0.4, -0.2) is 11.8 Å². The van der Waals surface area contributed by atoms with Gasteiger partial charge in [0.25, 0.3) is 0 Å². The number of allylic oxidation sites excluding steroid dienone is 1. The highest BCUT2D eigenvalue weighted by Gasteiger charge is 2.42. The van der Waals surface area contributed by atoms with Crippen LogP contribution in [0.3, 0.4) is 0 Å². The number of anilines is 2. The molecule has 2 aromatic carbocycles. The number of urea groups is 1. The Kier molecular flexibility index (Phi) is 6.06. The molecule has 2 aliphatic rings. The molecule has 1 aliphatic heterocycles. The van der Waals surface area contributed by atoms with Crippen LogP contribution in [0.2, 0.25) is 5.02 Å². The summed E-state index contributed by atoms with van der Waals surface area (Å²) < 4.78 is 11.1. The van der Waals surface area contributed by atoms with Crippen LogP contribution >= 0.6 is 11.6 Å². The van der Waals surface area contributed by atoms with Gasteiger partial charge in [-0.05, 0) is 60.5 Å². The summed E-state index contributed by atoms with van der Waals surface area (Å²) in [5.41, 5.74) is 3.54. The van der Waals surface area contributed by atoms with Gasteiger partial charge in [0.2, 0.25) is 0 Å². The molecule has 37 heavy (non-hydrogen) atoms. The minimum absolute atomic E-state index is 0.0354. The second kappa shape index (κ2) is 9.67. The van der Waals surface area contributed by atoms with Gasteiger partial charge >= 0.3 is 6.03 Å². The SMILES string of the molecule is O=C1C[C@H](c2ccco2)CC2=C1[C@@H](c1ccc(Cl)cc1)N(C(=O)NCc1ccco1)c1ccccc1N2. The number of Topliss-reactive ketones (excluding diaryl/α,β-unsaturated/α-hetero) is 1. The molecule has 4 aromatic rings. The lowest BCUT2D eigenvalue weighted by Crippen LogP contribution is -2.44. The molecule has 7 nitrogen and oxygen atoms in total. The summed E-state index contributed by atoms with van der Waals surface area (Å²) in [5, 5.41) is 7.04. The van der Waals surface area contributed by atoms with E-state index < -0.39 is 6.04 Å². The zero-order chi connectivity index (χ0) is 25.4. The van der Waals surface area contributed by atoms with Gasteiger partial charge in [0.15, 0.2) is 5.78 Å². The van der Waals surface area contributed by atoms with Gasteiger partial charge in [-0.3, -0.25) is 9.69 Å². The van der Waals surface area contributed by atoms with Gasteiger partial charge in [0, 0.05) is 28.6 Å². The summed E-state index contributed by atoms with van der Waals surface area (Å²) in [6.07, 6.45) is 4.06. The van der Waals surface area contributed by atoms with E-state index in [1.54, 1.807) is 41.7 Å². The van der Waals surface area contributed by atoms with Gasteiger partial charge in [-0.15, -0.1) is 0 Å². The number of nitrogens with one attached hydrogen (secondary N) is 2. The fraction of sp³-hybridized carbons (Fsp3) is 0.172. The van der Waals surface area contributed by atoms with Crippen LogP contribution in [-0.2, 0) is 11.3 Å². The molecule has 0 unspecified atom stereocenters. The molecule has 2 N–H and O–H groups in total. The second-order valence-electron chi connectivity index (χ2n) is 9.14. The van der Waals surface area contributed by atoms with Gasteiger partial charge in [0.05, 0.1) is 36.5 Å². The third-order valence-corrected chi connectivity index (χ3v) is 7.08. The zero-order valence-corrected chi connectivity index (χ0v) is 20.6. The standard InChI is InChI=1S/C29H24ClN3O4/c30-20-11-9-18(10-12-20)28-27-23(15-19(16-25(27)34)26-8-4-14-37-26)32-22-6-1-2-7-24(22)33(28)29(35)31-17-21-5-3-13-36-21/h1-14,19,28,32H,15-17H2,(H,31,35)/t19-,28-/m1/s1. The number of fused-ring (bicyclic) bond motifs is 1. The number of nitrogens with zero attached hydrogens (tertiary/aromatic N) is 1. The third-order valence-electron chi connectivity index (χ3n) is 6.83. The van der Waals surface area contributed by atoms with E-state index in [1.165, 1.54) is 0 Å². The van der Waals surface area contributed by atoms with Crippen molar-refractivity contribution in [2.24, 2.45) is 0 Å². The van der Waals surface area contributed by atoms with Gasteiger partial charge in [-0.1, -0.05) is 35.9 Å². The van der Waals surface area contributed by atoms with Gasteiger partial charge in [0.1, 0.15) is 11.5 Å². The van der Waals surface area contributed by atoms with Crippen LogP contribution < -0.4 is 15.5 Å². The number of hydrogen-bond donors (Lipinski definition) is 2. The number of ketones is 1. The summed E-state index contributed by atoms with van der Waals surface area (Å²) in [6, 6.07) is 21.2. The third kappa shape index (κ3) is 4.42. The first-order valence-electron chi connectivity index (χ1n) is 12.1. The van der Waals surface area contributed by atoms with Crippen molar-refractivity contribution in [3.63, 3.8) is 0 Å². The topological polar surface area (TPSA) is 87.7 Å². The van der Waals surface area contributed by atoms with E-state index in [1.807, 2.05) is 48.5 Å². The number of rotatable bonds is 4. The Morgan fingerprint density at radius 2 is 1.76 bits per heavy atom. The first-order valence-corrected chi connectivity index (χ1v) is 12.5. The molecule has 2 aromatic heterocycles. The Morgan fingerprint density at radius 3 is 2.51 bits per heavy atom.